The van der Waals surface area contributed by atoms with Crippen molar-refractivity contribution in [3.8, 4) is 0 Å². The van der Waals surface area contributed by atoms with Crippen LogP contribution in [0.2, 0.25) is 0 Å². The molecule has 1 saturated heterocycles. The lowest BCUT2D eigenvalue weighted by Crippen LogP contribution is -2.36. The highest BCUT2D eigenvalue weighted by molar-refractivity contribution is 9.10. The first-order valence-electron chi connectivity index (χ1n) is 5.76. The van der Waals surface area contributed by atoms with Gasteiger partial charge in [-0.15, -0.1) is 0 Å². The molecule has 3 nitrogen and oxygen atoms in total. The minimum atomic E-state index is -4.48. The van der Waals surface area contributed by atoms with Crippen molar-refractivity contribution in [3.63, 3.8) is 0 Å². The van der Waals surface area contributed by atoms with Crippen LogP contribution in [-0.2, 0) is 6.18 Å². The van der Waals surface area contributed by atoms with Crippen molar-refractivity contribution in [2.75, 3.05) is 13.1 Å². The first-order chi connectivity index (χ1) is 8.88. The highest BCUT2D eigenvalue weighted by atomic mass is 79.9. The zero-order valence-electron chi connectivity index (χ0n) is 9.85. The summed E-state index contributed by atoms with van der Waals surface area (Å²) in [6.07, 6.45) is -3.70. The molecule has 0 spiro atoms. The molecular weight excluding hydrogens is 325 g/mol. The lowest BCUT2D eigenvalue weighted by Gasteiger charge is -2.14. The lowest BCUT2D eigenvalue weighted by atomic mass is 10.1. The van der Waals surface area contributed by atoms with Crippen LogP contribution in [0.4, 0.5) is 13.2 Å². The molecule has 1 aliphatic heterocycles. The van der Waals surface area contributed by atoms with E-state index in [9.17, 15) is 18.0 Å². The van der Waals surface area contributed by atoms with Gasteiger partial charge >= 0.3 is 6.18 Å². The van der Waals surface area contributed by atoms with Gasteiger partial charge < -0.3 is 10.6 Å². The van der Waals surface area contributed by atoms with E-state index in [1.165, 1.54) is 12.1 Å². The van der Waals surface area contributed by atoms with Crippen LogP contribution in [0.1, 0.15) is 22.3 Å². The fraction of sp³-hybridized carbons (Fsp3) is 0.417. The van der Waals surface area contributed by atoms with Gasteiger partial charge in [0, 0.05) is 22.6 Å². The van der Waals surface area contributed by atoms with Crippen LogP contribution in [0.25, 0.3) is 0 Å². The van der Waals surface area contributed by atoms with Gasteiger partial charge in [0.1, 0.15) is 0 Å². The maximum absolute atomic E-state index is 12.7. The van der Waals surface area contributed by atoms with Crippen LogP contribution in [0, 0.1) is 0 Å². The predicted molar refractivity (Wildman–Crippen MR) is 67.9 cm³/mol. The molecule has 1 aliphatic rings. The third kappa shape index (κ3) is 3.48. The van der Waals surface area contributed by atoms with Gasteiger partial charge in [-0.3, -0.25) is 4.79 Å². The highest BCUT2D eigenvalue weighted by Crippen LogP contribution is 2.35. The molecule has 2 N–H and O–H groups in total. The second-order valence-electron chi connectivity index (χ2n) is 4.36. The molecule has 0 radical (unpaired) electrons. The van der Waals surface area contributed by atoms with Crippen molar-refractivity contribution < 1.29 is 18.0 Å². The first-order valence-corrected chi connectivity index (χ1v) is 6.55. The Balaban J connectivity index is 2.18. The van der Waals surface area contributed by atoms with E-state index in [4.69, 9.17) is 0 Å². The molecular formula is C12H12BrF3N2O. The Morgan fingerprint density at radius 3 is 2.74 bits per heavy atom. The normalized spacial score (nSPS) is 19.5. The topological polar surface area (TPSA) is 41.1 Å². The predicted octanol–water partition coefficient (Wildman–Crippen LogP) is 2.56. The second-order valence-corrected chi connectivity index (χ2v) is 5.21. The molecule has 1 amide bonds. The molecule has 7 heteroatoms. The summed E-state index contributed by atoms with van der Waals surface area (Å²) in [7, 11) is 0. The molecule has 0 aliphatic carbocycles. The SMILES string of the molecule is O=C(N[C@H]1CCNC1)c1ccc(Br)c(C(F)(F)F)c1. The molecule has 1 aromatic carbocycles. The van der Waals surface area contributed by atoms with Crippen LogP contribution in [0.5, 0.6) is 0 Å². The Morgan fingerprint density at radius 1 is 1.42 bits per heavy atom. The Morgan fingerprint density at radius 2 is 2.16 bits per heavy atom. The van der Waals surface area contributed by atoms with Gasteiger partial charge in [-0.05, 0) is 31.2 Å². The number of rotatable bonds is 2. The fourth-order valence-corrected chi connectivity index (χ4v) is 2.40. The van der Waals surface area contributed by atoms with Gasteiger partial charge in [0.25, 0.3) is 5.91 Å². The van der Waals surface area contributed by atoms with E-state index in [0.717, 1.165) is 19.0 Å². The Bertz CT molecular complexity index is 484. The van der Waals surface area contributed by atoms with E-state index >= 15 is 0 Å². The molecule has 2 rings (SSSR count). The number of benzene rings is 1. The number of amides is 1. The molecule has 0 bridgehead atoms. The number of hydrogen-bond donors (Lipinski definition) is 2. The zero-order valence-corrected chi connectivity index (χ0v) is 11.4. The average Bonchev–Trinajstić information content (AvgIpc) is 2.80. The largest absolute Gasteiger partial charge is 0.417 e. The van der Waals surface area contributed by atoms with Gasteiger partial charge in [-0.25, -0.2) is 0 Å². The number of carbonyl (C=O) groups is 1. The van der Waals surface area contributed by atoms with Gasteiger partial charge in [-0.1, -0.05) is 15.9 Å². The molecule has 1 heterocycles. The average molecular weight is 337 g/mol. The Kier molecular flexibility index (Phi) is 4.15. The molecule has 0 aromatic heterocycles. The molecule has 0 saturated carbocycles. The minimum Gasteiger partial charge on any atom is -0.348 e. The zero-order chi connectivity index (χ0) is 14.0. The Hall–Kier alpha value is -1.08. The van der Waals surface area contributed by atoms with Crippen LogP contribution in [0.15, 0.2) is 22.7 Å². The van der Waals surface area contributed by atoms with E-state index in [1.807, 2.05) is 0 Å². The van der Waals surface area contributed by atoms with Crippen LogP contribution < -0.4 is 10.6 Å². The number of alkyl halides is 3. The third-order valence-corrected chi connectivity index (χ3v) is 3.62. The van der Waals surface area contributed by atoms with Crippen molar-refractivity contribution in [2.45, 2.75) is 18.6 Å². The van der Waals surface area contributed by atoms with Gasteiger partial charge in [0.2, 0.25) is 0 Å². The van der Waals surface area contributed by atoms with E-state index in [0.29, 0.717) is 6.54 Å². The third-order valence-electron chi connectivity index (χ3n) is 2.93. The van der Waals surface area contributed by atoms with Crippen LogP contribution >= 0.6 is 15.9 Å². The minimum absolute atomic E-state index is 0.0161. The number of halogens is 4. The maximum Gasteiger partial charge on any atom is 0.417 e. The van der Waals surface area contributed by atoms with Gasteiger partial charge in [-0.2, -0.15) is 13.2 Å². The maximum atomic E-state index is 12.7. The lowest BCUT2D eigenvalue weighted by molar-refractivity contribution is -0.138. The summed E-state index contributed by atoms with van der Waals surface area (Å²) in [5.74, 6) is -0.480. The highest BCUT2D eigenvalue weighted by Gasteiger charge is 2.33. The quantitative estimate of drug-likeness (QED) is 0.871. The summed E-state index contributed by atoms with van der Waals surface area (Å²) in [5.41, 5.74) is -0.827. The summed E-state index contributed by atoms with van der Waals surface area (Å²) >= 11 is 2.84. The molecule has 1 atom stereocenters. The smallest absolute Gasteiger partial charge is 0.348 e. The van der Waals surface area contributed by atoms with E-state index in [1.54, 1.807) is 0 Å². The molecule has 1 fully saturated rings. The molecule has 19 heavy (non-hydrogen) atoms. The van der Waals surface area contributed by atoms with Crippen LogP contribution in [0.3, 0.4) is 0 Å². The molecule has 1 aromatic rings. The van der Waals surface area contributed by atoms with Gasteiger partial charge in [0.05, 0.1) is 5.56 Å². The standard InChI is InChI=1S/C12H12BrF3N2O/c13-10-2-1-7(5-9(10)12(14,15)16)11(19)18-8-3-4-17-6-8/h1-2,5,8,17H,3-4,6H2,(H,18,19)/t8-/m0/s1. The molecule has 104 valence electrons. The first kappa shape index (κ1) is 14.3. The van der Waals surface area contributed by atoms with E-state index in [2.05, 4.69) is 26.6 Å². The van der Waals surface area contributed by atoms with Crippen molar-refractivity contribution >= 4 is 21.8 Å². The number of hydrogen-bond acceptors (Lipinski definition) is 2. The van der Waals surface area contributed by atoms with Gasteiger partial charge in [0.15, 0.2) is 0 Å². The van der Waals surface area contributed by atoms with E-state index < -0.39 is 17.6 Å². The van der Waals surface area contributed by atoms with Crippen molar-refractivity contribution in [3.05, 3.63) is 33.8 Å². The van der Waals surface area contributed by atoms with Crippen molar-refractivity contribution in [2.24, 2.45) is 0 Å². The summed E-state index contributed by atoms with van der Waals surface area (Å²) < 4.78 is 38.1. The molecule has 0 unspecified atom stereocenters. The second kappa shape index (κ2) is 5.50. The summed E-state index contributed by atoms with van der Waals surface area (Å²) in [6.45, 7) is 1.45. The fourth-order valence-electron chi connectivity index (χ4n) is 1.93. The Labute approximate surface area is 116 Å². The number of carbonyl (C=O) groups excluding carboxylic acids is 1. The monoisotopic (exact) mass is 336 g/mol. The van der Waals surface area contributed by atoms with Crippen molar-refractivity contribution in [1.29, 1.82) is 0 Å². The summed E-state index contributed by atoms with van der Waals surface area (Å²) in [4.78, 5) is 11.9. The van der Waals surface area contributed by atoms with Crippen molar-refractivity contribution in [1.82, 2.24) is 10.6 Å². The van der Waals surface area contributed by atoms with E-state index in [-0.39, 0.29) is 16.1 Å². The number of nitrogens with one attached hydrogen (secondary N) is 2. The summed E-state index contributed by atoms with van der Waals surface area (Å²) in [5, 5.41) is 5.78. The summed E-state index contributed by atoms with van der Waals surface area (Å²) in [6, 6.07) is 3.45. The van der Waals surface area contributed by atoms with Crippen LogP contribution in [-0.4, -0.2) is 25.0 Å².